The van der Waals surface area contributed by atoms with E-state index >= 15 is 0 Å². The molecule has 0 N–H and O–H groups in total. The highest BCUT2D eigenvalue weighted by Crippen LogP contribution is 2.30. The smallest absolute Gasteiger partial charge is 0.133 e. The van der Waals surface area contributed by atoms with Gasteiger partial charge in [0.05, 0.1) is 10.7 Å². The van der Waals surface area contributed by atoms with Crippen molar-refractivity contribution in [2.45, 2.75) is 20.4 Å². The second kappa shape index (κ2) is 11.6. The van der Waals surface area contributed by atoms with Crippen molar-refractivity contribution in [3.05, 3.63) is 119 Å². The van der Waals surface area contributed by atoms with Gasteiger partial charge in [-0.05, 0) is 84.6 Å². The Hall–Kier alpha value is -4.28. The average molecular weight is 534 g/mol. The van der Waals surface area contributed by atoms with Gasteiger partial charge in [-0.2, -0.15) is 0 Å². The Labute approximate surface area is 235 Å². The van der Waals surface area contributed by atoms with Crippen LogP contribution in [-0.2, 0) is 6.54 Å². The minimum absolute atomic E-state index is 0.722. The molecule has 0 unspecified atom stereocenters. The fourth-order valence-electron chi connectivity index (χ4n) is 4.40. The van der Waals surface area contributed by atoms with Crippen LogP contribution in [0, 0.1) is 6.92 Å². The fraction of sp³-hybridized carbons (Fsp3) is 0.147. The maximum atomic E-state index is 6.49. The summed E-state index contributed by atoms with van der Waals surface area (Å²) in [5.41, 5.74) is 7.52. The second-order valence-corrected chi connectivity index (χ2v) is 10.1. The van der Waals surface area contributed by atoms with Gasteiger partial charge < -0.3 is 14.2 Å². The molecule has 4 aromatic carbocycles. The summed E-state index contributed by atoms with van der Waals surface area (Å²) >= 11 is 6.49. The number of hydrogen-bond donors (Lipinski definition) is 0. The predicted molar refractivity (Wildman–Crippen MR) is 165 cm³/mol. The van der Waals surface area contributed by atoms with E-state index in [0.29, 0.717) is 0 Å². The highest BCUT2D eigenvalue weighted by Gasteiger charge is 2.10. The van der Waals surface area contributed by atoms with Gasteiger partial charge in [0.15, 0.2) is 0 Å². The minimum Gasteiger partial charge on any atom is -0.457 e. The molecular formula is C34H32ClN3O. The van der Waals surface area contributed by atoms with E-state index in [9.17, 15) is 0 Å². The first-order valence-corrected chi connectivity index (χ1v) is 13.4. The van der Waals surface area contributed by atoms with Crippen LogP contribution in [-0.4, -0.2) is 23.6 Å². The monoisotopic (exact) mass is 533 g/mol. The van der Waals surface area contributed by atoms with Crippen molar-refractivity contribution in [1.82, 2.24) is 9.55 Å². The molecular weight excluding hydrogens is 502 g/mol. The van der Waals surface area contributed by atoms with Gasteiger partial charge in [-0.3, -0.25) is 0 Å². The SMILES string of the molecule is CCn1cc(-c2ccc(C)cc2Cl)nc1C=Cc1ccc(-c2ccc(Oc3ccc(N(C)C)cc3)cc2)cc1. The number of halogens is 1. The topological polar surface area (TPSA) is 30.3 Å². The lowest BCUT2D eigenvalue weighted by Crippen LogP contribution is -2.07. The number of hydrogen-bond acceptors (Lipinski definition) is 3. The first-order valence-electron chi connectivity index (χ1n) is 13.1. The van der Waals surface area contributed by atoms with Crippen LogP contribution in [0.1, 0.15) is 23.9 Å². The lowest BCUT2D eigenvalue weighted by molar-refractivity contribution is 0.483. The number of aryl methyl sites for hydroxylation is 2. The molecule has 5 aromatic rings. The van der Waals surface area contributed by atoms with Gasteiger partial charge in [0, 0.05) is 38.1 Å². The number of aromatic nitrogens is 2. The number of anilines is 1. The van der Waals surface area contributed by atoms with Crippen LogP contribution in [0.15, 0.2) is 97.2 Å². The van der Waals surface area contributed by atoms with Gasteiger partial charge in [-0.1, -0.05) is 66.2 Å². The lowest BCUT2D eigenvalue weighted by atomic mass is 10.0. The zero-order valence-electron chi connectivity index (χ0n) is 22.7. The normalized spacial score (nSPS) is 11.2. The Balaban J connectivity index is 1.27. The van der Waals surface area contributed by atoms with Crippen LogP contribution in [0.3, 0.4) is 0 Å². The van der Waals surface area contributed by atoms with Crippen LogP contribution in [0.4, 0.5) is 5.69 Å². The van der Waals surface area contributed by atoms with Gasteiger partial charge in [0.1, 0.15) is 17.3 Å². The van der Waals surface area contributed by atoms with Crippen molar-refractivity contribution in [2.75, 3.05) is 19.0 Å². The van der Waals surface area contributed by atoms with E-state index in [1.54, 1.807) is 0 Å². The van der Waals surface area contributed by atoms with Gasteiger partial charge in [0.25, 0.3) is 0 Å². The van der Waals surface area contributed by atoms with Crippen LogP contribution in [0.25, 0.3) is 34.5 Å². The molecule has 1 aromatic heterocycles. The molecule has 5 heteroatoms. The molecule has 0 amide bonds. The molecule has 196 valence electrons. The van der Waals surface area contributed by atoms with Crippen molar-refractivity contribution < 1.29 is 4.74 Å². The van der Waals surface area contributed by atoms with Gasteiger partial charge in [0.2, 0.25) is 0 Å². The molecule has 39 heavy (non-hydrogen) atoms. The number of benzene rings is 4. The number of nitrogens with zero attached hydrogens (tertiary/aromatic N) is 3. The lowest BCUT2D eigenvalue weighted by Gasteiger charge is -2.13. The fourth-order valence-corrected chi connectivity index (χ4v) is 4.73. The number of rotatable bonds is 8. The summed E-state index contributed by atoms with van der Waals surface area (Å²) in [6.45, 7) is 4.98. The average Bonchev–Trinajstić information content (AvgIpc) is 3.36. The molecule has 0 fully saturated rings. The summed E-state index contributed by atoms with van der Waals surface area (Å²) in [4.78, 5) is 6.92. The van der Waals surface area contributed by atoms with E-state index in [1.165, 1.54) is 0 Å². The predicted octanol–water partition coefficient (Wildman–Crippen LogP) is 9.23. The van der Waals surface area contributed by atoms with Crippen molar-refractivity contribution in [1.29, 1.82) is 0 Å². The molecule has 4 nitrogen and oxygen atoms in total. The number of imidazole rings is 1. The standard InChI is InChI=1S/C34H32ClN3O/c1-5-38-23-33(31-20-6-24(2)22-32(31)35)36-34(38)21-9-25-7-10-26(11-8-25)27-12-16-29(17-13-27)39-30-18-14-28(15-19-30)37(3)4/h6-23H,5H2,1-4H3. The maximum absolute atomic E-state index is 6.49. The molecule has 0 radical (unpaired) electrons. The van der Waals surface area contributed by atoms with Crippen LogP contribution in [0.5, 0.6) is 11.5 Å². The second-order valence-electron chi connectivity index (χ2n) is 9.72. The molecule has 0 spiro atoms. The van der Waals surface area contributed by atoms with E-state index < -0.39 is 0 Å². The molecule has 0 aliphatic rings. The highest BCUT2D eigenvalue weighted by molar-refractivity contribution is 6.33. The van der Waals surface area contributed by atoms with Gasteiger partial charge >= 0.3 is 0 Å². The van der Waals surface area contributed by atoms with Gasteiger partial charge in [-0.15, -0.1) is 0 Å². The molecule has 0 saturated carbocycles. The summed E-state index contributed by atoms with van der Waals surface area (Å²) < 4.78 is 8.15. The first kappa shape index (κ1) is 26.3. The van der Waals surface area contributed by atoms with E-state index in [0.717, 1.165) is 68.1 Å². The van der Waals surface area contributed by atoms with E-state index in [1.807, 2.05) is 69.6 Å². The van der Waals surface area contributed by atoms with Crippen LogP contribution >= 0.6 is 11.6 Å². The Kier molecular flexibility index (Phi) is 7.85. The molecule has 0 saturated heterocycles. The van der Waals surface area contributed by atoms with Gasteiger partial charge in [-0.25, -0.2) is 4.98 Å². The van der Waals surface area contributed by atoms with E-state index in [4.69, 9.17) is 21.3 Å². The van der Waals surface area contributed by atoms with Crippen molar-refractivity contribution >= 4 is 29.4 Å². The highest BCUT2D eigenvalue weighted by atomic mass is 35.5. The van der Waals surface area contributed by atoms with Crippen molar-refractivity contribution in [2.24, 2.45) is 0 Å². The maximum Gasteiger partial charge on any atom is 0.133 e. The largest absolute Gasteiger partial charge is 0.457 e. The summed E-state index contributed by atoms with van der Waals surface area (Å²) in [6.07, 6.45) is 6.21. The summed E-state index contributed by atoms with van der Waals surface area (Å²) in [7, 11) is 4.05. The molecule has 0 aliphatic carbocycles. The van der Waals surface area contributed by atoms with Crippen molar-refractivity contribution in [3.8, 4) is 33.9 Å². The van der Waals surface area contributed by atoms with Crippen LogP contribution < -0.4 is 9.64 Å². The number of ether oxygens (including phenoxy) is 1. The third-order valence-electron chi connectivity index (χ3n) is 6.66. The molecule has 0 aliphatic heterocycles. The molecule has 5 rings (SSSR count). The molecule has 0 atom stereocenters. The molecule has 1 heterocycles. The first-order chi connectivity index (χ1) is 18.9. The summed E-state index contributed by atoms with van der Waals surface area (Å²) in [5.74, 6) is 2.54. The summed E-state index contributed by atoms with van der Waals surface area (Å²) in [6, 6.07) is 30.9. The molecule has 0 bridgehead atoms. The zero-order valence-corrected chi connectivity index (χ0v) is 23.5. The third-order valence-corrected chi connectivity index (χ3v) is 6.97. The Morgan fingerprint density at radius 1 is 0.821 bits per heavy atom. The summed E-state index contributed by atoms with van der Waals surface area (Å²) in [5, 5.41) is 0.722. The minimum atomic E-state index is 0.722. The van der Waals surface area contributed by atoms with E-state index in [-0.39, 0.29) is 0 Å². The quantitative estimate of drug-likeness (QED) is 0.199. The zero-order chi connectivity index (χ0) is 27.4. The van der Waals surface area contributed by atoms with Crippen LogP contribution in [0.2, 0.25) is 5.02 Å². The Morgan fingerprint density at radius 2 is 1.44 bits per heavy atom. The van der Waals surface area contributed by atoms with Crippen molar-refractivity contribution in [3.63, 3.8) is 0 Å². The third kappa shape index (κ3) is 6.24. The van der Waals surface area contributed by atoms with E-state index in [2.05, 4.69) is 77.2 Å². The Bertz CT molecular complexity index is 1580. The Morgan fingerprint density at radius 3 is 2.03 bits per heavy atom.